The molecule has 4 amide bonds. The van der Waals surface area contributed by atoms with Gasteiger partial charge in [0.25, 0.3) is 5.91 Å². The van der Waals surface area contributed by atoms with E-state index in [4.69, 9.17) is 5.73 Å². The number of H-pyrrole nitrogens is 1. The van der Waals surface area contributed by atoms with Crippen molar-refractivity contribution in [1.82, 2.24) is 35.0 Å². The van der Waals surface area contributed by atoms with Crippen LogP contribution in [0.5, 0.6) is 0 Å². The molecule has 6 N–H and O–H groups in total. The van der Waals surface area contributed by atoms with Crippen LogP contribution in [0.2, 0.25) is 0 Å². The molecule has 5 aromatic rings. The Balaban J connectivity index is 0.000000253. The number of hydrogen-bond donors (Lipinski definition) is 5. The Morgan fingerprint density at radius 3 is 2.15 bits per heavy atom. The minimum Gasteiger partial charge on any atom is -0.391 e. The summed E-state index contributed by atoms with van der Waals surface area (Å²) in [6.07, 6.45) is -2.69. The number of aryl methyl sites for hydroxylation is 2. The first-order valence-corrected chi connectivity index (χ1v) is 26.8. The first kappa shape index (κ1) is 60.2. The van der Waals surface area contributed by atoms with E-state index < -0.39 is 64.1 Å². The number of Topliss-reactive ketones (excluding diaryl/α,β-unsaturated/α-hetero) is 1. The highest BCUT2D eigenvalue weighted by Crippen LogP contribution is 2.38. The number of nitrogens with two attached hydrogens (primary N) is 1. The molecule has 0 radical (unpaired) electrons. The van der Waals surface area contributed by atoms with Crippen LogP contribution in [0.15, 0.2) is 77.3 Å². The molecule has 5 atom stereocenters. The van der Waals surface area contributed by atoms with E-state index in [0.29, 0.717) is 56.1 Å². The number of benzene rings is 2. The maximum absolute atomic E-state index is 15.4. The number of carbonyl (C=O) groups excluding carboxylic acids is 5. The second-order valence-electron chi connectivity index (χ2n) is 20.9. The second-order valence-corrected chi connectivity index (χ2v) is 21.8. The number of likely N-dealkylation sites (tertiary alicyclic amines) is 1. The third kappa shape index (κ3) is 14.9. The summed E-state index contributed by atoms with van der Waals surface area (Å²) in [5, 5.41) is 15.8. The standard InChI is InChI=1S/C31H44N4O5S.C25H26F4N6O2/c1-7-34(8-2)27(39)16-15-26(38)33-29(31(4,5)6)30(40)35-18-23(36)17-24(35)25(37)14-11-21-9-12-22(13-10-21)28-20(3)32-19-41-28;1-13-11-35(12-14(2)34(13)3)21-8-19(26)16(15-4-5-22(30)31-9-15)6-20(21)33-24(37)17-10-32-23(36)7-18(17)25(27,28)29/h9-10,12-13,19,23-24,29,36H,7-8,11,14-18H2,1-6H3,(H,33,38);4-10,13-14H,11-12H2,1-3H3,(H2,30,31)(H,32,36)(H,33,37)/t23-,24+,29-;13-,14+/m1./s1. The number of thiazole rings is 1. The molecule has 0 unspecified atom stereocenters. The van der Waals surface area contributed by atoms with Gasteiger partial charge in [0.1, 0.15) is 17.7 Å². The summed E-state index contributed by atoms with van der Waals surface area (Å²) < 4.78 is 56.1. The Morgan fingerprint density at radius 2 is 1.58 bits per heavy atom. The van der Waals surface area contributed by atoms with E-state index in [2.05, 4.69) is 30.5 Å². The zero-order valence-corrected chi connectivity index (χ0v) is 46.3. The molecule has 5 heterocycles. The average Bonchev–Trinajstić information content (AvgIpc) is 4.01. The van der Waals surface area contributed by atoms with Gasteiger partial charge in [-0.15, -0.1) is 11.3 Å². The van der Waals surface area contributed by atoms with E-state index in [1.165, 1.54) is 29.3 Å². The Kier molecular flexibility index (Phi) is 19.8. The number of carbonyl (C=O) groups is 5. The zero-order valence-electron chi connectivity index (χ0n) is 45.5. The molecule has 2 saturated heterocycles. The van der Waals surface area contributed by atoms with Crippen LogP contribution in [0, 0.1) is 18.2 Å². The molecule has 78 heavy (non-hydrogen) atoms. The molecule has 3 aromatic heterocycles. The lowest BCUT2D eigenvalue weighted by Crippen LogP contribution is -2.56. The van der Waals surface area contributed by atoms with E-state index >= 15 is 4.39 Å². The van der Waals surface area contributed by atoms with Gasteiger partial charge in [0.2, 0.25) is 23.3 Å². The molecule has 17 nitrogen and oxygen atoms in total. The van der Waals surface area contributed by atoms with Crippen molar-refractivity contribution in [2.45, 2.75) is 124 Å². The number of halogens is 4. The molecular weight excluding hydrogens is 1030 g/mol. The number of aliphatic hydroxyl groups excluding tert-OH is 1. The average molecular weight is 1100 g/mol. The number of aliphatic hydroxyl groups is 1. The fourth-order valence-corrected chi connectivity index (χ4v) is 10.4. The highest BCUT2D eigenvalue weighted by Gasteiger charge is 2.44. The van der Waals surface area contributed by atoms with Gasteiger partial charge >= 0.3 is 6.18 Å². The first-order chi connectivity index (χ1) is 36.7. The van der Waals surface area contributed by atoms with Crippen LogP contribution in [-0.2, 0) is 31.8 Å². The number of anilines is 3. The molecule has 7 rings (SSSR count). The fraction of sp³-hybridized carbons (Fsp3) is 0.464. The van der Waals surface area contributed by atoms with Crippen LogP contribution in [0.25, 0.3) is 21.6 Å². The third-order valence-corrected chi connectivity index (χ3v) is 15.2. The molecule has 2 aliphatic rings. The molecule has 0 saturated carbocycles. The van der Waals surface area contributed by atoms with Gasteiger partial charge < -0.3 is 41.2 Å². The Labute approximate surface area is 455 Å². The number of β-amino-alcohol motifs (C(OH)–C–C–N with tert-alkyl or cyclic N) is 1. The minimum absolute atomic E-state index is 0.0263. The van der Waals surface area contributed by atoms with Gasteiger partial charge in [-0.3, -0.25) is 33.7 Å². The fourth-order valence-electron chi connectivity index (χ4n) is 9.60. The summed E-state index contributed by atoms with van der Waals surface area (Å²) in [5.74, 6) is -2.47. The van der Waals surface area contributed by atoms with Gasteiger partial charge in [-0.2, -0.15) is 13.2 Å². The lowest BCUT2D eigenvalue weighted by Gasteiger charge is -2.44. The molecule has 2 aromatic carbocycles. The predicted octanol–water partition coefficient (Wildman–Crippen LogP) is 7.72. The molecule has 22 heteroatoms. The van der Waals surface area contributed by atoms with Crippen LogP contribution < -0.4 is 26.8 Å². The number of likely N-dealkylation sites (N-methyl/N-ethyl adjacent to an activating group) is 1. The van der Waals surface area contributed by atoms with E-state index in [1.54, 1.807) is 22.3 Å². The summed E-state index contributed by atoms with van der Waals surface area (Å²) in [5.41, 5.74) is 7.65. The molecule has 0 spiro atoms. The summed E-state index contributed by atoms with van der Waals surface area (Å²) >= 11 is 1.59. The van der Waals surface area contributed by atoms with Crippen molar-refractivity contribution >= 4 is 57.9 Å². The van der Waals surface area contributed by atoms with Crippen molar-refractivity contribution in [1.29, 1.82) is 0 Å². The van der Waals surface area contributed by atoms with Gasteiger partial charge in [0, 0.05) is 100 Å². The topological polar surface area (TPSA) is 227 Å². The van der Waals surface area contributed by atoms with Crippen molar-refractivity contribution in [3.05, 3.63) is 111 Å². The van der Waals surface area contributed by atoms with Crippen LogP contribution >= 0.6 is 11.3 Å². The highest BCUT2D eigenvalue weighted by atomic mass is 32.1. The summed E-state index contributed by atoms with van der Waals surface area (Å²) in [4.78, 5) is 95.5. The smallest absolute Gasteiger partial charge is 0.391 e. The van der Waals surface area contributed by atoms with E-state index in [1.807, 2.05) is 97.1 Å². The lowest BCUT2D eigenvalue weighted by molar-refractivity contribution is -0.143. The monoisotopic (exact) mass is 1100 g/mol. The number of alkyl halides is 3. The van der Waals surface area contributed by atoms with Crippen LogP contribution in [-0.4, -0.2) is 134 Å². The number of piperazine rings is 1. The number of pyridine rings is 2. The molecule has 2 fully saturated rings. The molecule has 420 valence electrons. The normalized spacial score (nSPS) is 18.2. The zero-order chi connectivity index (χ0) is 57.4. The van der Waals surface area contributed by atoms with Gasteiger partial charge in [-0.05, 0) is 88.9 Å². The number of ketones is 1. The van der Waals surface area contributed by atoms with Crippen LogP contribution in [0.3, 0.4) is 0 Å². The van der Waals surface area contributed by atoms with Crippen LogP contribution in [0.4, 0.5) is 34.8 Å². The van der Waals surface area contributed by atoms with Crippen LogP contribution in [0.1, 0.15) is 101 Å². The molecule has 0 aliphatic carbocycles. The summed E-state index contributed by atoms with van der Waals surface area (Å²) in [6.45, 7) is 17.5. The van der Waals surface area contributed by atoms with Gasteiger partial charge in [-0.25, -0.2) is 14.4 Å². The van der Waals surface area contributed by atoms with E-state index in [-0.39, 0.29) is 79.0 Å². The number of nitrogen functional groups attached to an aromatic ring is 1. The number of rotatable bonds is 16. The maximum atomic E-state index is 15.4. The van der Waals surface area contributed by atoms with Gasteiger partial charge in [-0.1, -0.05) is 45.0 Å². The first-order valence-electron chi connectivity index (χ1n) is 25.9. The summed E-state index contributed by atoms with van der Waals surface area (Å²) in [7, 11) is 1.97. The number of amides is 4. The van der Waals surface area contributed by atoms with Crippen molar-refractivity contribution in [3.63, 3.8) is 0 Å². The largest absolute Gasteiger partial charge is 0.417 e. The second kappa shape index (κ2) is 25.6. The molecule has 0 bridgehead atoms. The van der Waals surface area contributed by atoms with E-state index in [0.717, 1.165) is 21.7 Å². The minimum atomic E-state index is -4.93. The number of nitrogens with zero attached hydrogens (tertiary/aromatic N) is 6. The number of hydrogen-bond acceptors (Lipinski definition) is 13. The lowest BCUT2D eigenvalue weighted by atomic mass is 9.85. The van der Waals surface area contributed by atoms with Gasteiger partial charge in [0.05, 0.1) is 50.7 Å². The quantitative estimate of drug-likeness (QED) is 0.0599. The Morgan fingerprint density at radius 1 is 0.923 bits per heavy atom. The van der Waals surface area contributed by atoms with Crippen molar-refractivity contribution in [3.8, 4) is 21.6 Å². The van der Waals surface area contributed by atoms with E-state index in [9.17, 15) is 47.0 Å². The van der Waals surface area contributed by atoms with Crippen molar-refractivity contribution < 1.29 is 46.6 Å². The number of nitrogens with one attached hydrogen (secondary N) is 3. The third-order valence-electron chi connectivity index (χ3n) is 14.3. The Bertz CT molecular complexity index is 2980. The maximum Gasteiger partial charge on any atom is 0.417 e. The highest BCUT2D eigenvalue weighted by molar-refractivity contribution is 7.13. The Hall–Kier alpha value is -7.04. The van der Waals surface area contributed by atoms with Crippen molar-refractivity contribution in [2.75, 3.05) is 55.7 Å². The number of aromatic nitrogens is 3. The summed E-state index contributed by atoms with van der Waals surface area (Å²) in [6, 6.07) is 12.6. The molecule has 2 aliphatic heterocycles. The van der Waals surface area contributed by atoms with Crippen molar-refractivity contribution in [2.24, 2.45) is 5.41 Å². The molecular formula is C56H70F4N10O7S. The SMILES string of the molecule is CCN(CC)C(=O)CCC(=O)N[C@H](C(=O)N1C[C@H](O)C[C@H]1C(=O)CCc1ccc(-c2scnc2C)cc1)C(C)(C)C.C[C@@H]1CN(c2cc(F)c(-c3ccc(N)nc3)cc2NC(=O)c2c[nH]c(=O)cc2C(F)(F)F)C[C@H](C)N1C. The van der Waals surface area contributed by atoms with Gasteiger partial charge in [0.15, 0.2) is 5.78 Å². The number of aromatic amines is 1. The predicted molar refractivity (Wildman–Crippen MR) is 293 cm³/mol.